The standard InChI is InChI=1S/C16H14ClNO2/c17-9-10-18-16(19)20-15-13-7-3-1-5-11(13)12-6-2-4-8-14(12)15/h1-8,15H,9-10H2,(H,18,19). The van der Waals surface area contributed by atoms with Crippen molar-refractivity contribution >= 4 is 17.7 Å². The van der Waals surface area contributed by atoms with Crippen molar-refractivity contribution in [3.8, 4) is 11.1 Å². The Morgan fingerprint density at radius 2 is 1.60 bits per heavy atom. The van der Waals surface area contributed by atoms with Crippen LogP contribution in [0.4, 0.5) is 4.79 Å². The molecule has 0 aliphatic heterocycles. The molecule has 0 saturated heterocycles. The fourth-order valence-corrected chi connectivity index (χ4v) is 2.63. The molecule has 0 bridgehead atoms. The molecule has 20 heavy (non-hydrogen) atoms. The zero-order valence-corrected chi connectivity index (χ0v) is 11.6. The molecule has 1 aliphatic carbocycles. The highest BCUT2D eigenvalue weighted by molar-refractivity contribution is 6.18. The molecule has 0 spiro atoms. The summed E-state index contributed by atoms with van der Waals surface area (Å²) < 4.78 is 5.56. The van der Waals surface area contributed by atoms with E-state index in [-0.39, 0.29) is 6.10 Å². The number of carbonyl (C=O) groups is 1. The van der Waals surface area contributed by atoms with Crippen molar-refractivity contribution in [2.24, 2.45) is 0 Å². The second-order valence-electron chi connectivity index (χ2n) is 4.58. The number of rotatable bonds is 3. The molecule has 2 aromatic carbocycles. The maximum atomic E-state index is 11.8. The van der Waals surface area contributed by atoms with Gasteiger partial charge in [0.15, 0.2) is 6.10 Å². The summed E-state index contributed by atoms with van der Waals surface area (Å²) in [6.07, 6.45) is -0.792. The summed E-state index contributed by atoms with van der Waals surface area (Å²) in [4.78, 5) is 11.8. The van der Waals surface area contributed by atoms with Crippen LogP contribution in [0.15, 0.2) is 48.5 Å². The van der Waals surface area contributed by atoms with Crippen LogP contribution in [0.5, 0.6) is 0 Å². The average Bonchev–Trinajstić information content (AvgIpc) is 2.80. The minimum atomic E-state index is -0.442. The minimum Gasteiger partial charge on any atom is -0.436 e. The molecule has 102 valence electrons. The van der Waals surface area contributed by atoms with Gasteiger partial charge in [0.05, 0.1) is 0 Å². The molecule has 1 amide bonds. The van der Waals surface area contributed by atoms with Crippen LogP contribution in [-0.4, -0.2) is 18.5 Å². The largest absolute Gasteiger partial charge is 0.436 e. The summed E-state index contributed by atoms with van der Waals surface area (Å²) in [6, 6.07) is 16.0. The van der Waals surface area contributed by atoms with Gasteiger partial charge in [-0.3, -0.25) is 0 Å². The molecule has 2 aromatic rings. The smallest absolute Gasteiger partial charge is 0.408 e. The molecule has 4 heteroatoms. The van der Waals surface area contributed by atoms with Crippen molar-refractivity contribution in [3.63, 3.8) is 0 Å². The number of halogens is 1. The number of nitrogens with one attached hydrogen (secondary N) is 1. The number of benzene rings is 2. The van der Waals surface area contributed by atoms with Crippen LogP contribution in [0.25, 0.3) is 11.1 Å². The summed E-state index contributed by atoms with van der Waals surface area (Å²) in [5, 5.41) is 2.63. The summed E-state index contributed by atoms with van der Waals surface area (Å²) in [5.41, 5.74) is 4.29. The zero-order valence-electron chi connectivity index (χ0n) is 10.8. The molecule has 0 radical (unpaired) electrons. The van der Waals surface area contributed by atoms with E-state index in [9.17, 15) is 4.79 Å². The molecule has 1 aliphatic rings. The molecule has 0 aromatic heterocycles. The van der Waals surface area contributed by atoms with Gasteiger partial charge in [0.2, 0.25) is 0 Å². The molecule has 0 atom stereocenters. The zero-order chi connectivity index (χ0) is 13.9. The topological polar surface area (TPSA) is 38.3 Å². The Hall–Kier alpha value is -2.00. The lowest BCUT2D eigenvalue weighted by atomic mass is 10.1. The number of alkyl halides is 1. The van der Waals surface area contributed by atoms with Crippen molar-refractivity contribution in [2.45, 2.75) is 6.10 Å². The first-order valence-corrected chi connectivity index (χ1v) is 7.03. The van der Waals surface area contributed by atoms with Crippen LogP contribution in [0.2, 0.25) is 0 Å². The number of amides is 1. The first-order valence-electron chi connectivity index (χ1n) is 6.50. The van der Waals surface area contributed by atoms with Gasteiger partial charge in [0, 0.05) is 23.6 Å². The predicted octanol–water partition coefficient (Wildman–Crippen LogP) is 3.72. The lowest BCUT2D eigenvalue weighted by Crippen LogP contribution is -2.27. The highest BCUT2D eigenvalue weighted by Crippen LogP contribution is 2.44. The van der Waals surface area contributed by atoms with E-state index in [2.05, 4.69) is 5.32 Å². The Morgan fingerprint density at radius 3 is 2.15 bits per heavy atom. The number of hydrogen-bond acceptors (Lipinski definition) is 2. The predicted molar refractivity (Wildman–Crippen MR) is 78.9 cm³/mol. The van der Waals surface area contributed by atoms with Crippen molar-refractivity contribution in [1.82, 2.24) is 5.32 Å². The Labute approximate surface area is 122 Å². The van der Waals surface area contributed by atoms with Crippen LogP contribution in [-0.2, 0) is 4.74 Å². The molecular formula is C16H14ClNO2. The van der Waals surface area contributed by atoms with Gasteiger partial charge in [-0.1, -0.05) is 48.5 Å². The summed E-state index contributed by atoms with van der Waals surface area (Å²) in [6.45, 7) is 0.399. The number of fused-ring (bicyclic) bond motifs is 3. The maximum absolute atomic E-state index is 11.8. The Bertz CT molecular complexity index is 596. The quantitative estimate of drug-likeness (QED) is 0.874. The van der Waals surface area contributed by atoms with E-state index < -0.39 is 6.09 Å². The van der Waals surface area contributed by atoms with Gasteiger partial charge in [-0.15, -0.1) is 11.6 Å². The Balaban J connectivity index is 1.93. The fraction of sp³-hybridized carbons (Fsp3) is 0.188. The molecule has 0 unspecified atom stereocenters. The third kappa shape index (κ3) is 2.25. The second-order valence-corrected chi connectivity index (χ2v) is 4.95. The molecule has 3 nitrogen and oxygen atoms in total. The van der Waals surface area contributed by atoms with Gasteiger partial charge >= 0.3 is 6.09 Å². The van der Waals surface area contributed by atoms with Gasteiger partial charge < -0.3 is 10.1 Å². The van der Waals surface area contributed by atoms with Crippen molar-refractivity contribution in [1.29, 1.82) is 0 Å². The molecule has 1 N–H and O–H groups in total. The van der Waals surface area contributed by atoms with Crippen molar-refractivity contribution in [2.75, 3.05) is 12.4 Å². The van der Waals surface area contributed by atoms with Crippen LogP contribution in [0.1, 0.15) is 17.2 Å². The van der Waals surface area contributed by atoms with E-state index in [1.807, 2.05) is 48.5 Å². The Morgan fingerprint density at radius 1 is 1.05 bits per heavy atom. The van der Waals surface area contributed by atoms with Crippen LogP contribution in [0, 0.1) is 0 Å². The van der Waals surface area contributed by atoms with E-state index in [1.54, 1.807) is 0 Å². The fourth-order valence-electron chi connectivity index (χ4n) is 2.53. The minimum absolute atomic E-state index is 0.349. The normalized spacial score (nSPS) is 12.7. The highest BCUT2D eigenvalue weighted by Gasteiger charge is 2.30. The average molecular weight is 288 g/mol. The monoisotopic (exact) mass is 287 g/mol. The van der Waals surface area contributed by atoms with Gasteiger partial charge in [0.25, 0.3) is 0 Å². The van der Waals surface area contributed by atoms with E-state index in [1.165, 1.54) is 0 Å². The van der Waals surface area contributed by atoms with Crippen LogP contribution >= 0.6 is 11.6 Å². The van der Waals surface area contributed by atoms with E-state index >= 15 is 0 Å². The molecule has 0 heterocycles. The second kappa shape index (κ2) is 5.55. The Kier molecular flexibility index (Phi) is 3.61. The highest BCUT2D eigenvalue weighted by atomic mass is 35.5. The molecular weight excluding hydrogens is 274 g/mol. The number of alkyl carbamates (subject to hydrolysis) is 1. The van der Waals surface area contributed by atoms with Gasteiger partial charge in [-0.2, -0.15) is 0 Å². The summed E-state index contributed by atoms with van der Waals surface area (Å²) in [5.74, 6) is 0.368. The lowest BCUT2D eigenvalue weighted by molar-refractivity contribution is 0.119. The maximum Gasteiger partial charge on any atom is 0.408 e. The lowest BCUT2D eigenvalue weighted by Gasteiger charge is -2.15. The first kappa shape index (κ1) is 13.0. The van der Waals surface area contributed by atoms with Gasteiger partial charge in [-0.25, -0.2) is 4.79 Å². The van der Waals surface area contributed by atoms with E-state index in [4.69, 9.17) is 16.3 Å². The third-order valence-corrected chi connectivity index (χ3v) is 3.55. The van der Waals surface area contributed by atoms with Gasteiger partial charge in [-0.05, 0) is 11.1 Å². The van der Waals surface area contributed by atoms with Crippen LogP contribution in [0.3, 0.4) is 0 Å². The molecule has 0 saturated carbocycles. The third-order valence-electron chi connectivity index (χ3n) is 3.37. The molecule has 0 fully saturated rings. The number of carbonyl (C=O) groups excluding carboxylic acids is 1. The van der Waals surface area contributed by atoms with Crippen molar-refractivity contribution < 1.29 is 9.53 Å². The van der Waals surface area contributed by atoms with Crippen LogP contribution < -0.4 is 5.32 Å². The number of hydrogen-bond donors (Lipinski definition) is 1. The molecule has 3 rings (SSSR count). The summed E-state index contributed by atoms with van der Waals surface area (Å²) in [7, 11) is 0. The SMILES string of the molecule is O=C(NCCCl)OC1c2ccccc2-c2ccccc21. The first-order chi connectivity index (χ1) is 9.81. The summed E-state index contributed by atoms with van der Waals surface area (Å²) >= 11 is 5.55. The van der Waals surface area contributed by atoms with Gasteiger partial charge in [0.1, 0.15) is 0 Å². The van der Waals surface area contributed by atoms with E-state index in [0.717, 1.165) is 22.3 Å². The van der Waals surface area contributed by atoms with E-state index in [0.29, 0.717) is 12.4 Å². The van der Waals surface area contributed by atoms with Crippen molar-refractivity contribution in [3.05, 3.63) is 59.7 Å². The number of ether oxygens (including phenoxy) is 1.